The van der Waals surface area contributed by atoms with Crippen LogP contribution in [0.2, 0.25) is 5.02 Å². The van der Waals surface area contributed by atoms with Gasteiger partial charge in [-0.15, -0.1) is 0 Å². The van der Waals surface area contributed by atoms with Gasteiger partial charge in [0.2, 0.25) is 5.91 Å². The van der Waals surface area contributed by atoms with E-state index in [9.17, 15) is 18.7 Å². The van der Waals surface area contributed by atoms with Crippen LogP contribution in [0.1, 0.15) is 17.2 Å². The Morgan fingerprint density at radius 1 is 1.14 bits per heavy atom. The lowest BCUT2D eigenvalue weighted by Gasteiger charge is -2.12. The third kappa shape index (κ3) is 4.26. The summed E-state index contributed by atoms with van der Waals surface area (Å²) in [6, 6.07) is 9.93. The van der Waals surface area contributed by atoms with Crippen molar-refractivity contribution >= 4 is 17.5 Å². The molecule has 6 heteroatoms. The molecule has 22 heavy (non-hydrogen) atoms. The fraction of sp³-hybridized carbons (Fsp3) is 0.188. The largest absolute Gasteiger partial charge is 0.387 e. The lowest BCUT2D eigenvalue weighted by atomic mass is 10.1. The van der Waals surface area contributed by atoms with Crippen molar-refractivity contribution in [2.45, 2.75) is 12.5 Å². The van der Waals surface area contributed by atoms with E-state index in [1.807, 2.05) is 0 Å². The van der Waals surface area contributed by atoms with Crippen molar-refractivity contribution in [2.24, 2.45) is 0 Å². The quantitative estimate of drug-likeness (QED) is 0.888. The monoisotopic (exact) mass is 325 g/mol. The SMILES string of the molecule is O=C(Cc1c(F)cccc1F)NCC(O)c1ccc(Cl)cc1. The number of aliphatic hydroxyl groups is 1. The zero-order valence-corrected chi connectivity index (χ0v) is 12.3. The Labute approximate surface area is 131 Å². The molecule has 0 spiro atoms. The summed E-state index contributed by atoms with van der Waals surface area (Å²) in [6.45, 7) is -0.0590. The average molecular weight is 326 g/mol. The van der Waals surface area contributed by atoms with Crippen LogP contribution in [0.4, 0.5) is 8.78 Å². The Morgan fingerprint density at radius 3 is 2.32 bits per heavy atom. The maximum absolute atomic E-state index is 13.4. The number of halogens is 3. The number of nitrogens with one attached hydrogen (secondary N) is 1. The van der Waals surface area contributed by atoms with Crippen molar-refractivity contribution < 1.29 is 18.7 Å². The molecule has 0 aromatic heterocycles. The van der Waals surface area contributed by atoms with Gasteiger partial charge in [-0.25, -0.2) is 8.78 Å². The second kappa shape index (κ2) is 7.33. The molecule has 0 heterocycles. The van der Waals surface area contributed by atoms with Crippen molar-refractivity contribution in [3.05, 3.63) is 70.2 Å². The van der Waals surface area contributed by atoms with Gasteiger partial charge in [-0.2, -0.15) is 0 Å². The number of hydrogen-bond donors (Lipinski definition) is 2. The molecule has 0 aliphatic carbocycles. The van der Waals surface area contributed by atoms with E-state index >= 15 is 0 Å². The molecular weight excluding hydrogens is 312 g/mol. The van der Waals surface area contributed by atoms with Crippen molar-refractivity contribution in [2.75, 3.05) is 6.54 Å². The van der Waals surface area contributed by atoms with Crippen LogP contribution >= 0.6 is 11.6 Å². The van der Waals surface area contributed by atoms with E-state index in [4.69, 9.17) is 11.6 Å². The number of benzene rings is 2. The second-order valence-corrected chi connectivity index (χ2v) is 5.18. The van der Waals surface area contributed by atoms with Gasteiger partial charge in [-0.05, 0) is 29.8 Å². The predicted molar refractivity (Wildman–Crippen MR) is 79.5 cm³/mol. The zero-order chi connectivity index (χ0) is 16.1. The molecule has 0 saturated carbocycles. The number of carbonyl (C=O) groups is 1. The fourth-order valence-electron chi connectivity index (χ4n) is 1.94. The zero-order valence-electron chi connectivity index (χ0n) is 11.5. The van der Waals surface area contributed by atoms with Gasteiger partial charge >= 0.3 is 0 Å². The van der Waals surface area contributed by atoms with E-state index in [0.29, 0.717) is 10.6 Å². The first-order valence-corrected chi connectivity index (χ1v) is 6.98. The van der Waals surface area contributed by atoms with E-state index in [-0.39, 0.29) is 12.1 Å². The van der Waals surface area contributed by atoms with Crippen molar-refractivity contribution in [3.8, 4) is 0 Å². The second-order valence-electron chi connectivity index (χ2n) is 4.75. The summed E-state index contributed by atoms with van der Waals surface area (Å²) in [5.74, 6) is -2.11. The van der Waals surface area contributed by atoms with Crippen molar-refractivity contribution in [1.29, 1.82) is 0 Å². The molecule has 2 aromatic carbocycles. The van der Waals surface area contributed by atoms with Crippen LogP contribution < -0.4 is 5.32 Å². The van der Waals surface area contributed by atoms with Gasteiger partial charge in [0.05, 0.1) is 12.5 Å². The molecular formula is C16H14ClF2NO2. The molecule has 3 nitrogen and oxygen atoms in total. The molecule has 0 fully saturated rings. The number of rotatable bonds is 5. The van der Waals surface area contributed by atoms with Crippen LogP contribution in [0.3, 0.4) is 0 Å². The van der Waals surface area contributed by atoms with E-state index in [2.05, 4.69) is 5.32 Å². The van der Waals surface area contributed by atoms with E-state index in [1.54, 1.807) is 24.3 Å². The summed E-state index contributed by atoms with van der Waals surface area (Å²) in [6.07, 6.45) is -1.35. The summed E-state index contributed by atoms with van der Waals surface area (Å²) in [7, 11) is 0. The summed E-state index contributed by atoms with van der Waals surface area (Å²) >= 11 is 5.74. The smallest absolute Gasteiger partial charge is 0.224 e. The minimum atomic E-state index is -0.924. The third-order valence-corrected chi connectivity index (χ3v) is 3.40. The minimum Gasteiger partial charge on any atom is -0.387 e. The highest BCUT2D eigenvalue weighted by Crippen LogP contribution is 2.16. The number of aliphatic hydroxyl groups excluding tert-OH is 1. The van der Waals surface area contributed by atoms with Crippen molar-refractivity contribution in [3.63, 3.8) is 0 Å². The molecule has 116 valence electrons. The molecule has 1 amide bonds. The van der Waals surface area contributed by atoms with Gasteiger partial charge in [0.25, 0.3) is 0 Å². The summed E-state index contributed by atoms with van der Waals surface area (Å²) in [5.41, 5.74) is 0.294. The predicted octanol–water partition coefficient (Wildman–Crippen LogP) is 3.01. The number of hydrogen-bond acceptors (Lipinski definition) is 2. The highest BCUT2D eigenvalue weighted by atomic mass is 35.5. The molecule has 2 aromatic rings. The Balaban J connectivity index is 1.91. The number of amides is 1. The fourth-order valence-corrected chi connectivity index (χ4v) is 2.06. The Bertz CT molecular complexity index is 641. The van der Waals surface area contributed by atoms with Crippen LogP contribution in [0.5, 0.6) is 0 Å². The van der Waals surface area contributed by atoms with Gasteiger partial charge in [-0.3, -0.25) is 4.79 Å². The Hall–Kier alpha value is -1.98. The standard InChI is InChI=1S/C16H14ClF2NO2/c17-11-6-4-10(5-7-11)15(21)9-20-16(22)8-12-13(18)2-1-3-14(12)19/h1-7,15,21H,8-9H2,(H,20,22). The molecule has 0 saturated heterocycles. The van der Waals surface area contributed by atoms with Crippen LogP contribution in [0.15, 0.2) is 42.5 Å². The van der Waals surface area contributed by atoms with Crippen molar-refractivity contribution in [1.82, 2.24) is 5.32 Å². The molecule has 0 aliphatic rings. The average Bonchev–Trinajstić information content (AvgIpc) is 2.49. The first kappa shape index (κ1) is 16.4. The molecule has 0 aliphatic heterocycles. The summed E-state index contributed by atoms with van der Waals surface area (Å²) in [5, 5.41) is 12.9. The lowest BCUT2D eigenvalue weighted by Crippen LogP contribution is -2.30. The highest BCUT2D eigenvalue weighted by molar-refractivity contribution is 6.30. The summed E-state index contributed by atoms with van der Waals surface area (Å²) in [4.78, 5) is 11.7. The van der Waals surface area contributed by atoms with Gasteiger partial charge in [0.15, 0.2) is 0 Å². The van der Waals surface area contributed by atoms with E-state index in [0.717, 1.165) is 12.1 Å². The topological polar surface area (TPSA) is 49.3 Å². The van der Waals surface area contributed by atoms with Gasteiger partial charge in [-0.1, -0.05) is 29.8 Å². The van der Waals surface area contributed by atoms with Crippen LogP contribution in [0, 0.1) is 11.6 Å². The highest BCUT2D eigenvalue weighted by Gasteiger charge is 2.14. The first-order valence-electron chi connectivity index (χ1n) is 6.60. The number of carbonyl (C=O) groups excluding carboxylic acids is 1. The Kier molecular flexibility index (Phi) is 5.46. The lowest BCUT2D eigenvalue weighted by molar-refractivity contribution is -0.121. The van der Waals surface area contributed by atoms with Gasteiger partial charge < -0.3 is 10.4 Å². The minimum absolute atomic E-state index is 0.0590. The van der Waals surface area contributed by atoms with E-state index < -0.39 is 30.1 Å². The van der Waals surface area contributed by atoms with Gasteiger partial charge in [0, 0.05) is 17.1 Å². The Morgan fingerprint density at radius 2 is 1.73 bits per heavy atom. The first-order chi connectivity index (χ1) is 10.5. The maximum Gasteiger partial charge on any atom is 0.224 e. The molecule has 1 unspecified atom stereocenters. The molecule has 2 rings (SSSR count). The van der Waals surface area contributed by atoms with E-state index in [1.165, 1.54) is 6.07 Å². The van der Waals surface area contributed by atoms with Crippen LogP contribution in [-0.4, -0.2) is 17.6 Å². The maximum atomic E-state index is 13.4. The molecule has 1 atom stereocenters. The van der Waals surface area contributed by atoms with Crippen LogP contribution in [0.25, 0.3) is 0 Å². The molecule has 0 bridgehead atoms. The molecule has 2 N–H and O–H groups in total. The van der Waals surface area contributed by atoms with Crippen LogP contribution in [-0.2, 0) is 11.2 Å². The summed E-state index contributed by atoms with van der Waals surface area (Å²) < 4.78 is 26.9. The molecule has 0 radical (unpaired) electrons. The van der Waals surface area contributed by atoms with Gasteiger partial charge in [0.1, 0.15) is 11.6 Å². The normalized spacial score (nSPS) is 12.0. The third-order valence-electron chi connectivity index (χ3n) is 3.15.